The third kappa shape index (κ3) is 8.75. The van der Waals surface area contributed by atoms with Crippen LogP contribution in [0.25, 0.3) is 0 Å². The number of nitrogens with zero attached hydrogens (tertiary/aromatic N) is 2. The van der Waals surface area contributed by atoms with Crippen molar-refractivity contribution < 1.29 is 26.8 Å². The number of benzene rings is 4. The molecule has 0 saturated heterocycles. The Morgan fingerprint density at radius 1 is 0.830 bits per heavy atom. The molecule has 0 bridgehead atoms. The Kier molecular flexibility index (Phi) is 11.3. The van der Waals surface area contributed by atoms with E-state index in [-0.39, 0.29) is 40.5 Å². The summed E-state index contributed by atoms with van der Waals surface area (Å²) in [5.41, 5.74) is 1.32. The molecule has 1 aliphatic carbocycles. The number of amides is 2. The lowest BCUT2D eigenvalue weighted by Gasteiger charge is -2.35. The first kappa shape index (κ1) is 34.1. The number of nitrogens with one attached hydrogen (secondary N) is 1. The van der Waals surface area contributed by atoms with Crippen molar-refractivity contribution in [1.82, 2.24) is 10.2 Å². The molecule has 1 atom stereocenters. The van der Waals surface area contributed by atoms with Crippen molar-refractivity contribution in [3.05, 3.63) is 131 Å². The van der Waals surface area contributed by atoms with Crippen molar-refractivity contribution in [2.45, 2.75) is 62.0 Å². The normalized spacial score (nSPS) is 14.3. The van der Waals surface area contributed by atoms with Crippen LogP contribution in [0.1, 0.15) is 43.2 Å². The molecule has 0 unspecified atom stereocenters. The van der Waals surface area contributed by atoms with Gasteiger partial charge in [0.1, 0.15) is 24.2 Å². The Bertz CT molecular complexity index is 1770. The van der Waals surface area contributed by atoms with E-state index in [9.17, 15) is 26.8 Å². The molecule has 47 heavy (non-hydrogen) atoms. The minimum absolute atomic E-state index is 0.0263. The molecule has 0 heterocycles. The van der Waals surface area contributed by atoms with Crippen LogP contribution in [0.5, 0.6) is 0 Å². The van der Waals surface area contributed by atoms with Gasteiger partial charge in [-0.05, 0) is 66.4 Å². The third-order valence-corrected chi connectivity index (χ3v) is 10.4. The summed E-state index contributed by atoms with van der Waals surface area (Å²) in [6.45, 7) is -0.819. The van der Waals surface area contributed by atoms with E-state index in [0.29, 0.717) is 5.56 Å². The van der Waals surface area contributed by atoms with Gasteiger partial charge >= 0.3 is 0 Å². The molecule has 11 heteroatoms. The zero-order valence-electron chi connectivity index (χ0n) is 25.7. The van der Waals surface area contributed by atoms with Crippen molar-refractivity contribution >= 4 is 39.1 Å². The van der Waals surface area contributed by atoms with Gasteiger partial charge in [0.05, 0.1) is 15.6 Å². The van der Waals surface area contributed by atoms with E-state index in [0.717, 1.165) is 54.1 Å². The fourth-order valence-electron chi connectivity index (χ4n) is 5.77. The zero-order valence-corrected chi connectivity index (χ0v) is 27.3. The minimum atomic E-state index is -4.36. The molecular weight excluding hydrogens is 644 g/mol. The predicted octanol–water partition coefficient (Wildman–Crippen LogP) is 6.90. The smallest absolute Gasteiger partial charge is 0.264 e. The van der Waals surface area contributed by atoms with E-state index >= 15 is 0 Å². The topological polar surface area (TPSA) is 86.8 Å². The maximum absolute atomic E-state index is 14.5. The first-order valence-corrected chi connectivity index (χ1v) is 17.3. The summed E-state index contributed by atoms with van der Waals surface area (Å²) in [7, 11) is -4.36. The second kappa shape index (κ2) is 15.5. The molecule has 0 aliphatic heterocycles. The van der Waals surface area contributed by atoms with Crippen LogP contribution in [0.3, 0.4) is 0 Å². The van der Waals surface area contributed by atoms with Gasteiger partial charge in [-0.15, -0.1) is 0 Å². The van der Waals surface area contributed by atoms with Crippen LogP contribution >= 0.6 is 11.6 Å². The molecule has 5 rings (SSSR count). The quantitative estimate of drug-likeness (QED) is 0.177. The van der Waals surface area contributed by atoms with Gasteiger partial charge in [0, 0.05) is 19.0 Å². The van der Waals surface area contributed by atoms with Gasteiger partial charge in [-0.25, -0.2) is 17.2 Å². The molecule has 1 aliphatic rings. The second-order valence-corrected chi connectivity index (χ2v) is 13.9. The average Bonchev–Trinajstić information content (AvgIpc) is 3.08. The first-order chi connectivity index (χ1) is 22.6. The maximum Gasteiger partial charge on any atom is 0.264 e. The van der Waals surface area contributed by atoms with Gasteiger partial charge < -0.3 is 10.2 Å². The number of carbonyl (C=O) groups excluding carboxylic acids is 2. The molecule has 4 aromatic carbocycles. The van der Waals surface area contributed by atoms with Gasteiger partial charge in [0.15, 0.2) is 0 Å². The van der Waals surface area contributed by atoms with Crippen molar-refractivity contribution in [3.8, 4) is 0 Å². The molecule has 1 saturated carbocycles. The molecule has 1 fully saturated rings. The first-order valence-electron chi connectivity index (χ1n) is 15.5. The van der Waals surface area contributed by atoms with Gasteiger partial charge in [-0.1, -0.05) is 91.5 Å². The monoisotopic (exact) mass is 679 g/mol. The Hall–Kier alpha value is -4.28. The number of hydrogen-bond donors (Lipinski definition) is 1. The highest BCUT2D eigenvalue weighted by Crippen LogP contribution is 2.29. The van der Waals surface area contributed by atoms with Crippen LogP contribution in [0, 0.1) is 11.6 Å². The largest absolute Gasteiger partial charge is 0.352 e. The number of halogens is 3. The molecule has 1 N–H and O–H groups in total. The fraction of sp³-hybridized carbons (Fsp3) is 0.278. The van der Waals surface area contributed by atoms with E-state index in [1.807, 2.05) is 30.3 Å². The summed E-state index contributed by atoms with van der Waals surface area (Å²) in [4.78, 5) is 29.9. The Morgan fingerprint density at radius 3 is 2.11 bits per heavy atom. The Morgan fingerprint density at radius 2 is 1.47 bits per heavy atom. The predicted molar refractivity (Wildman–Crippen MR) is 178 cm³/mol. The average molecular weight is 680 g/mol. The van der Waals surface area contributed by atoms with Crippen molar-refractivity contribution in [2.24, 2.45) is 0 Å². The molecule has 2 amide bonds. The standard InChI is InChI=1S/C36H36ClF2N3O4S/c37-32-23-30(20-21-33(32)39)42(47(45,46)31-14-8-3-9-15-31)25-35(43)41(24-27-16-18-28(38)19-17-27)34(22-26-10-4-1-5-11-26)36(44)40-29-12-6-2-7-13-29/h1,3-5,8-11,14-21,23,29,34H,2,6-7,12-13,22,24-25H2,(H,40,44)/t34-/m0/s1. The number of sulfonamides is 1. The molecule has 0 aromatic heterocycles. The van der Waals surface area contributed by atoms with E-state index in [4.69, 9.17) is 11.6 Å². The molecule has 0 spiro atoms. The van der Waals surface area contributed by atoms with Gasteiger partial charge in [-0.2, -0.15) is 0 Å². The summed E-state index contributed by atoms with van der Waals surface area (Å²) in [6.07, 6.45) is 4.86. The van der Waals surface area contributed by atoms with Crippen LogP contribution in [0.2, 0.25) is 5.02 Å². The van der Waals surface area contributed by atoms with Crippen molar-refractivity contribution in [2.75, 3.05) is 10.8 Å². The van der Waals surface area contributed by atoms with Crippen LogP contribution in [0.4, 0.5) is 14.5 Å². The molecular formula is C36H36ClF2N3O4S. The number of rotatable bonds is 12. The summed E-state index contributed by atoms with van der Waals surface area (Å²) in [5.74, 6) is -2.26. The van der Waals surface area contributed by atoms with Crippen LogP contribution < -0.4 is 9.62 Å². The molecule has 7 nitrogen and oxygen atoms in total. The highest BCUT2D eigenvalue weighted by Gasteiger charge is 2.35. The van der Waals surface area contributed by atoms with Crippen LogP contribution in [-0.4, -0.2) is 43.8 Å². The van der Waals surface area contributed by atoms with Crippen LogP contribution in [-0.2, 0) is 32.6 Å². The van der Waals surface area contributed by atoms with Crippen molar-refractivity contribution in [1.29, 1.82) is 0 Å². The molecule has 4 aromatic rings. The summed E-state index contributed by atoms with van der Waals surface area (Å²) in [6, 6.07) is 24.7. The van der Waals surface area contributed by atoms with Gasteiger partial charge in [0.25, 0.3) is 10.0 Å². The van der Waals surface area contributed by atoms with E-state index < -0.39 is 40.2 Å². The number of anilines is 1. The van der Waals surface area contributed by atoms with Crippen LogP contribution in [0.15, 0.2) is 108 Å². The number of hydrogen-bond acceptors (Lipinski definition) is 4. The highest BCUT2D eigenvalue weighted by molar-refractivity contribution is 7.92. The van der Waals surface area contributed by atoms with E-state index in [1.54, 1.807) is 18.2 Å². The summed E-state index contributed by atoms with van der Waals surface area (Å²) in [5, 5.41) is 2.82. The minimum Gasteiger partial charge on any atom is -0.352 e. The lowest BCUT2D eigenvalue weighted by molar-refractivity contribution is -0.140. The van der Waals surface area contributed by atoms with E-state index in [2.05, 4.69) is 5.32 Å². The molecule has 0 radical (unpaired) electrons. The van der Waals surface area contributed by atoms with Crippen molar-refractivity contribution in [3.63, 3.8) is 0 Å². The lowest BCUT2D eigenvalue weighted by atomic mass is 9.94. The third-order valence-electron chi connectivity index (χ3n) is 8.29. The van der Waals surface area contributed by atoms with Gasteiger partial charge in [-0.3, -0.25) is 13.9 Å². The maximum atomic E-state index is 14.5. The fourth-order valence-corrected chi connectivity index (χ4v) is 7.38. The Balaban J connectivity index is 1.56. The van der Waals surface area contributed by atoms with E-state index in [1.165, 1.54) is 47.4 Å². The second-order valence-electron chi connectivity index (χ2n) is 11.6. The molecule has 246 valence electrons. The SMILES string of the molecule is O=C(NC1CCCCC1)[C@H](Cc1ccccc1)N(Cc1ccc(F)cc1)C(=O)CN(c1ccc(F)c(Cl)c1)S(=O)(=O)c1ccccc1. The summed E-state index contributed by atoms with van der Waals surface area (Å²) >= 11 is 6.07. The lowest BCUT2D eigenvalue weighted by Crippen LogP contribution is -2.55. The van der Waals surface area contributed by atoms with Gasteiger partial charge in [0.2, 0.25) is 11.8 Å². The zero-order chi connectivity index (χ0) is 33.4. The highest BCUT2D eigenvalue weighted by atomic mass is 35.5. The number of carbonyl (C=O) groups is 2. The summed E-state index contributed by atoms with van der Waals surface area (Å²) < 4.78 is 57.0. The Labute approximate surface area is 279 Å².